The van der Waals surface area contributed by atoms with Crippen molar-refractivity contribution in [3.8, 4) is 0 Å². The van der Waals surface area contributed by atoms with E-state index in [1.807, 2.05) is 42.1 Å². The summed E-state index contributed by atoms with van der Waals surface area (Å²) in [5.74, 6) is -0.171. The van der Waals surface area contributed by atoms with Crippen LogP contribution in [-0.4, -0.2) is 15.6 Å². The standard InChI is InChI=1S/C19H13Cl2N3OS/c1-24-10-11(15-4-2-3-5-16(15)24)6-17-18(25)23-19(26-17)22-14-8-12(20)7-13(21)9-14/h2-10H,1H3,(H,22,23,25)/b17-6-. The number of aromatic nitrogens is 1. The molecule has 1 saturated heterocycles. The smallest absolute Gasteiger partial charge is 0.264 e. The molecule has 2 heterocycles. The lowest BCUT2D eigenvalue weighted by Gasteiger charge is -1.98. The van der Waals surface area contributed by atoms with Gasteiger partial charge in [-0.2, -0.15) is 0 Å². The van der Waals surface area contributed by atoms with Gasteiger partial charge in [-0.15, -0.1) is 0 Å². The van der Waals surface area contributed by atoms with E-state index in [1.54, 1.807) is 18.2 Å². The maximum atomic E-state index is 12.3. The summed E-state index contributed by atoms with van der Waals surface area (Å²) in [6.45, 7) is 0. The number of halogens is 2. The fourth-order valence-corrected chi connectivity index (χ4v) is 4.18. The second kappa shape index (κ2) is 6.83. The molecule has 1 amide bonds. The molecule has 0 radical (unpaired) electrons. The molecule has 1 aromatic heterocycles. The van der Waals surface area contributed by atoms with Gasteiger partial charge in [-0.05, 0) is 42.1 Å². The summed E-state index contributed by atoms with van der Waals surface area (Å²) in [6.07, 6.45) is 3.90. The Morgan fingerprint density at radius 1 is 1.15 bits per heavy atom. The third-order valence-electron chi connectivity index (χ3n) is 3.94. The van der Waals surface area contributed by atoms with Gasteiger partial charge in [0.15, 0.2) is 5.17 Å². The first-order valence-electron chi connectivity index (χ1n) is 7.79. The number of thioether (sulfide) groups is 1. The number of nitrogens with one attached hydrogen (secondary N) is 1. The van der Waals surface area contributed by atoms with E-state index in [2.05, 4.69) is 16.4 Å². The van der Waals surface area contributed by atoms with Crippen molar-refractivity contribution < 1.29 is 4.79 Å². The molecule has 130 valence electrons. The van der Waals surface area contributed by atoms with E-state index < -0.39 is 0 Å². The van der Waals surface area contributed by atoms with Crippen molar-refractivity contribution in [1.29, 1.82) is 0 Å². The molecule has 0 atom stereocenters. The van der Waals surface area contributed by atoms with Gasteiger partial charge in [0, 0.05) is 39.8 Å². The van der Waals surface area contributed by atoms with E-state index in [0.717, 1.165) is 16.5 Å². The number of carbonyl (C=O) groups excluding carboxylic acids is 1. The number of amides is 1. The Hall–Kier alpha value is -2.21. The molecular formula is C19H13Cl2N3OS. The Balaban J connectivity index is 1.67. The molecule has 4 rings (SSSR count). The lowest BCUT2D eigenvalue weighted by molar-refractivity contribution is -0.115. The van der Waals surface area contributed by atoms with Crippen molar-refractivity contribution in [2.24, 2.45) is 12.0 Å². The second-order valence-electron chi connectivity index (χ2n) is 5.82. The van der Waals surface area contributed by atoms with Crippen molar-refractivity contribution in [2.75, 3.05) is 0 Å². The maximum Gasteiger partial charge on any atom is 0.264 e. The first-order valence-corrected chi connectivity index (χ1v) is 9.36. The monoisotopic (exact) mass is 401 g/mol. The van der Waals surface area contributed by atoms with Crippen LogP contribution in [-0.2, 0) is 11.8 Å². The highest BCUT2D eigenvalue weighted by Gasteiger charge is 2.24. The van der Waals surface area contributed by atoms with Gasteiger partial charge in [0.25, 0.3) is 5.91 Å². The van der Waals surface area contributed by atoms with E-state index >= 15 is 0 Å². The van der Waals surface area contributed by atoms with E-state index in [-0.39, 0.29) is 5.91 Å². The molecule has 0 aliphatic carbocycles. The van der Waals surface area contributed by atoms with E-state index in [9.17, 15) is 4.79 Å². The minimum atomic E-state index is -0.171. The normalized spacial score (nSPS) is 17.4. The van der Waals surface area contributed by atoms with Crippen molar-refractivity contribution in [2.45, 2.75) is 0 Å². The lowest BCUT2D eigenvalue weighted by atomic mass is 10.1. The maximum absolute atomic E-state index is 12.3. The summed E-state index contributed by atoms with van der Waals surface area (Å²) in [5, 5.41) is 5.37. The van der Waals surface area contributed by atoms with Gasteiger partial charge in [-0.1, -0.05) is 41.4 Å². The molecule has 0 spiro atoms. The van der Waals surface area contributed by atoms with Gasteiger partial charge in [-0.3, -0.25) is 4.79 Å². The number of hydrogen-bond donors (Lipinski definition) is 1. The van der Waals surface area contributed by atoms with Crippen molar-refractivity contribution in [1.82, 2.24) is 9.88 Å². The summed E-state index contributed by atoms with van der Waals surface area (Å²) in [6, 6.07) is 13.1. The molecule has 0 saturated carbocycles. The molecule has 3 aromatic rings. The highest BCUT2D eigenvalue weighted by Crippen LogP contribution is 2.32. The average molecular weight is 402 g/mol. The van der Waals surface area contributed by atoms with Gasteiger partial charge < -0.3 is 9.88 Å². The van der Waals surface area contributed by atoms with Crippen LogP contribution < -0.4 is 5.32 Å². The van der Waals surface area contributed by atoms with Gasteiger partial charge in [0.1, 0.15) is 0 Å². The van der Waals surface area contributed by atoms with Crippen LogP contribution in [0.1, 0.15) is 5.56 Å². The third kappa shape index (κ3) is 3.38. The zero-order valence-corrected chi connectivity index (χ0v) is 16.0. The summed E-state index contributed by atoms with van der Waals surface area (Å²) in [7, 11) is 1.99. The molecule has 4 nitrogen and oxygen atoms in total. The van der Waals surface area contributed by atoms with Crippen LogP contribution in [0.4, 0.5) is 5.69 Å². The number of fused-ring (bicyclic) bond motifs is 1. The largest absolute Gasteiger partial charge is 0.350 e. The van der Waals surface area contributed by atoms with Gasteiger partial charge in [-0.25, -0.2) is 4.99 Å². The molecule has 1 fully saturated rings. The molecule has 1 aliphatic heterocycles. The van der Waals surface area contributed by atoms with Gasteiger partial charge in [0.2, 0.25) is 0 Å². The Bertz CT molecular complexity index is 1080. The molecule has 2 aromatic carbocycles. The molecule has 26 heavy (non-hydrogen) atoms. The zero-order chi connectivity index (χ0) is 18.3. The van der Waals surface area contributed by atoms with Crippen LogP contribution in [0.3, 0.4) is 0 Å². The Morgan fingerprint density at radius 2 is 1.88 bits per heavy atom. The van der Waals surface area contributed by atoms with Crippen molar-refractivity contribution in [3.63, 3.8) is 0 Å². The van der Waals surface area contributed by atoms with Gasteiger partial charge in [0.05, 0.1) is 10.6 Å². The molecule has 0 unspecified atom stereocenters. The Kier molecular flexibility index (Phi) is 4.53. The number of amidine groups is 1. The predicted molar refractivity (Wildman–Crippen MR) is 110 cm³/mol. The predicted octanol–water partition coefficient (Wildman–Crippen LogP) is 5.38. The summed E-state index contributed by atoms with van der Waals surface area (Å²) in [4.78, 5) is 17.3. The minimum absolute atomic E-state index is 0.171. The van der Waals surface area contributed by atoms with Gasteiger partial charge >= 0.3 is 0 Å². The fourth-order valence-electron chi connectivity index (χ4n) is 2.83. The van der Waals surface area contributed by atoms with E-state index in [1.165, 1.54) is 11.8 Å². The molecule has 1 aliphatic rings. The minimum Gasteiger partial charge on any atom is -0.350 e. The first-order chi connectivity index (χ1) is 12.5. The van der Waals surface area contributed by atoms with Crippen LogP contribution in [0.2, 0.25) is 10.0 Å². The van der Waals surface area contributed by atoms with Crippen molar-refractivity contribution in [3.05, 3.63) is 69.2 Å². The fraction of sp³-hybridized carbons (Fsp3) is 0.0526. The van der Waals surface area contributed by atoms with Crippen LogP contribution in [0.5, 0.6) is 0 Å². The van der Waals surface area contributed by atoms with Crippen LogP contribution in [0.25, 0.3) is 17.0 Å². The number of rotatable bonds is 2. The number of hydrogen-bond acceptors (Lipinski definition) is 3. The highest BCUT2D eigenvalue weighted by molar-refractivity contribution is 8.18. The number of carbonyl (C=O) groups is 1. The molecule has 0 bridgehead atoms. The number of nitrogens with zero attached hydrogens (tertiary/aromatic N) is 2. The van der Waals surface area contributed by atoms with Crippen LogP contribution in [0.15, 0.2) is 58.6 Å². The third-order valence-corrected chi connectivity index (χ3v) is 5.29. The van der Waals surface area contributed by atoms with E-state index in [0.29, 0.717) is 25.8 Å². The number of benzene rings is 2. The number of aryl methyl sites for hydroxylation is 1. The summed E-state index contributed by atoms with van der Waals surface area (Å²) >= 11 is 13.3. The topological polar surface area (TPSA) is 46.4 Å². The first kappa shape index (κ1) is 17.2. The Morgan fingerprint density at radius 3 is 2.65 bits per heavy atom. The number of aliphatic imine (C=N–C) groups is 1. The SMILES string of the molecule is Cn1cc(/C=C2\SC(=Nc3cc(Cl)cc(Cl)c3)NC2=O)c2ccccc21. The summed E-state index contributed by atoms with van der Waals surface area (Å²) < 4.78 is 2.04. The quantitative estimate of drug-likeness (QED) is 0.586. The zero-order valence-electron chi connectivity index (χ0n) is 13.7. The van der Waals surface area contributed by atoms with E-state index in [4.69, 9.17) is 23.2 Å². The van der Waals surface area contributed by atoms with Crippen molar-refractivity contribution >= 4 is 68.7 Å². The lowest BCUT2D eigenvalue weighted by Crippen LogP contribution is -2.19. The Labute approximate surface area is 164 Å². The molecule has 7 heteroatoms. The highest BCUT2D eigenvalue weighted by atomic mass is 35.5. The molecular weight excluding hydrogens is 389 g/mol. The molecule has 1 N–H and O–H groups in total. The van der Waals surface area contributed by atoms with Crippen LogP contribution in [0, 0.1) is 0 Å². The number of para-hydroxylation sites is 1. The van der Waals surface area contributed by atoms with Crippen LogP contribution >= 0.6 is 35.0 Å². The summed E-state index contributed by atoms with van der Waals surface area (Å²) in [5.41, 5.74) is 2.70. The average Bonchev–Trinajstić information content (AvgIpc) is 3.08. The second-order valence-corrected chi connectivity index (χ2v) is 7.73.